The minimum absolute atomic E-state index is 0.00710. The highest BCUT2D eigenvalue weighted by Gasteiger charge is 2.36. The lowest BCUT2D eigenvalue weighted by atomic mass is 9.88. The summed E-state index contributed by atoms with van der Waals surface area (Å²) < 4.78 is 5.40. The highest BCUT2D eigenvalue weighted by Crippen LogP contribution is 2.35. The van der Waals surface area contributed by atoms with E-state index >= 15 is 0 Å². The Balaban J connectivity index is 2.13. The third-order valence-corrected chi connectivity index (χ3v) is 3.61. The molecule has 0 radical (unpaired) electrons. The predicted octanol–water partition coefficient (Wildman–Crippen LogP) is 2.59. The van der Waals surface area contributed by atoms with Crippen molar-refractivity contribution in [1.29, 1.82) is 0 Å². The molecule has 1 heterocycles. The van der Waals surface area contributed by atoms with Crippen LogP contribution in [0.5, 0.6) is 5.75 Å². The number of furan rings is 1. The van der Waals surface area contributed by atoms with Gasteiger partial charge >= 0.3 is 0 Å². The van der Waals surface area contributed by atoms with Gasteiger partial charge in [0.1, 0.15) is 17.6 Å². The fourth-order valence-electron chi connectivity index (χ4n) is 2.55. The minimum atomic E-state index is -0.849. The van der Waals surface area contributed by atoms with Crippen LogP contribution in [-0.4, -0.2) is 21.8 Å². The number of hydrogen-bond donors (Lipinski definition) is 2. The first-order valence-corrected chi connectivity index (χ1v) is 6.77. The molecule has 0 saturated carbocycles. The molecule has 0 fully saturated rings. The van der Waals surface area contributed by atoms with Crippen LogP contribution in [0, 0.1) is 0 Å². The van der Waals surface area contributed by atoms with E-state index in [2.05, 4.69) is 0 Å². The summed E-state index contributed by atoms with van der Waals surface area (Å²) in [7, 11) is 0. The van der Waals surface area contributed by atoms with E-state index in [1.807, 2.05) is 6.92 Å². The van der Waals surface area contributed by atoms with Crippen molar-refractivity contribution in [1.82, 2.24) is 0 Å². The van der Waals surface area contributed by atoms with Crippen LogP contribution in [0.4, 0.5) is 0 Å². The molecular formula is C16H14O5. The van der Waals surface area contributed by atoms with Crippen LogP contribution in [0.1, 0.15) is 63.7 Å². The molecule has 1 aliphatic carbocycles. The average molecular weight is 286 g/mol. The molecule has 0 bridgehead atoms. The Bertz CT molecular complexity index is 741. The molecule has 0 amide bonds. The van der Waals surface area contributed by atoms with E-state index in [0.717, 1.165) is 6.42 Å². The van der Waals surface area contributed by atoms with E-state index < -0.39 is 17.7 Å². The van der Waals surface area contributed by atoms with E-state index in [4.69, 9.17) is 4.42 Å². The lowest BCUT2D eigenvalue weighted by Gasteiger charge is -2.13. The normalized spacial score (nSPS) is 14.8. The molecule has 5 heteroatoms. The van der Waals surface area contributed by atoms with E-state index in [-0.39, 0.29) is 34.0 Å². The van der Waals surface area contributed by atoms with Crippen molar-refractivity contribution >= 4 is 11.6 Å². The van der Waals surface area contributed by atoms with Gasteiger partial charge in [-0.3, -0.25) is 9.59 Å². The monoisotopic (exact) mass is 286 g/mol. The molecule has 3 rings (SSSR count). The van der Waals surface area contributed by atoms with Crippen molar-refractivity contribution in [3.8, 4) is 5.75 Å². The van der Waals surface area contributed by atoms with E-state index in [9.17, 15) is 19.8 Å². The summed E-state index contributed by atoms with van der Waals surface area (Å²) in [4.78, 5) is 24.8. The Morgan fingerprint density at radius 1 is 1.19 bits per heavy atom. The summed E-state index contributed by atoms with van der Waals surface area (Å²) in [5, 5.41) is 19.8. The molecule has 2 N–H and O–H groups in total. The zero-order valence-corrected chi connectivity index (χ0v) is 11.4. The number of aliphatic hydroxyl groups excluding tert-OH is 1. The quantitative estimate of drug-likeness (QED) is 0.772. The van der Waals surface area contributed by atoms with Gasteiger partial charge in [0, 0.05) is 5.56 Å². The second-order valence-electron chi connectivity index (χ2n) is 5.05. The number of aromatic hydroxyl groups is 1. The largest absolute Gasteiger partial charge is 0.507 e. The Morgan fingerprint density at radius 2 is 1.95 bits per heavy atom. The molecule has 1 unspecified atom stereocenters. The predicted molar refractivity (Wildman–Crippen MR) is 73.5 cm³/mol. The maximum Gasteiger partial charge on any atom is 0.229 e. The third kappa shape index (κ3) is 1.97. The number of benzene rings is 1. The summed E-state index contributed by atoms with van der Waals surface area (Å²) in [6.45, 7) is 1.91. The maximum absolute atomic E-state index is 12.4. The zero-order valence-electron chi connectivity index (χ0n) is 11.4. The molecule has 0 spiro atoms. The van der Waals surface area contributed by atoms with Gasteiger partial charge < -0.3 is 14.6 Å². The molecule has 1 aromatic heterocycles. The van der Waals surface area contributed by atoms with Gasteiger partial charge in [0.2, 0.25) is 11.6 Å². The lowest BCUT2D eigenvalue weighted by molar-refractivity contribution is 0.0947. The van der Waals surface area contributed by atoms with Crippen LogP contribution >= 0.6 is 0 Å². The Morgan fingerprint density at radius 3 is 2.67 bits per heavy atom. The number of phenols is 1. The lowest BCUT2D eigenvalue weighted by Crippen LogP contribution is -2.19. The number of phenolic OH excluding ortho intramolecular Hbond substituents is 1. The second kappa shape index (κ2) is 4.86. The topological polar surface area (TPSA) is 87.7 Å². The van der Waals surface area contributed by atoms with Crippen molar-refractivity contribution in [2.75, 3.05) is 0 Å². The summed E-state index contributed by atoms with van der Waals surface area (Å²) >= 11 is 0. The van der Waals surface area contributed by atoms with Crippen LogP contribution in [0.3, 0.4) is 0 Å². The Kier molecular flexibility index (Phi) is 3.14. The highest BCUT2D eigenvalue weighted by atomic mass is 16.4. The molecule has 0 saturated heterocycles. The fraction of sp³-hybridized carbons (Fsp3) is 0.250. The molecule has 1 atom stereocenters. The zero-order chi connectivity index (χ0) is 15.1. The van der Waals surface area contributed by atoms with Crippen molar-refractivity contribution < 1.29 is 24.2 Å². The van der Waals surface area contributed by atoms with Crippen molar-refractivity contribution in [2.45, 2.75) is 25.9 Å². The van der Waals surface area contributed by atoms with E-state index in [1.165, 1.54) is 24.3 Å². The van der Waals surface area contributed by atoms with Gasteiger partial charge in [-0.15, -0.1) is 0 Å². The molecule has 0 aliphatic heterocycles. The number of ketones is 2. The van der Waals surface area contributed by atoms with Gasteiger partial charge in [-0.2, -0.15) is 0 Å². The minimum Gasteiger partial charge on any atom is -0.507 e. The first-order valence-electron chi connectivity index (χ1n) is 6.77. The SMILES string of the molecule is CCCC(O)c1cc2c(o1)C(=O)c1cccc(O)c1C2=O. The van der Waals surface area contributed by atoms with E-state index in [1.54, 1.807) is 0 Å². The van der Waals surface area contributed by atoms with Gasteiger partial charge in [0.15, 0.2) is 5.76 Å². The molecular weight excluding hydrogens is 272 g/mol. The number of carbonyl (C=O) groups excluding carboxylic acids is 2. The fourth-order valence-corrected chi connectivity index (χ4v) is 2.55. The van der Waals surface area contributed by atoms with Gasteiger partial charge in [0.05, 0.1) is 11.1 Å². The smallest absolute Gasteiger partial charge is 0.229 e. The van der Waals surface area contributed by atoms with E-state index in [0.29, 0.717) is 6.42 Å². The van der Waals surface area contributed by atoms with Gasteiger partial charge in [-0.1, -0.05) is 19.4 Å². The summed E-state index contributed by atoms with van der Waals surface area (Å²) in [6.07, 6.45) is 0.375. The summed E-state index contributed by atoms with van der Waals surface area (Å²) in [5.41, 5.74) is 0.213. The molecule has 108 valence electrons. The highest BCUT2D eigenvalue weighted by molar-refractivity contribution is 6.28. The number of aliphatic hydroxyl groups is 1. The van der Waals surface area contributed by atoms with Crippen LogP contribution in [0.15, 0.2) is 28.7 Å². The number of hydrogen-bond acceptors (Lipinski definition) is 5. The third-order valence-electron chi connectivity index (χ3n) is 3.61. The number of fused-ring (bicyclic) bond motifs is 2. The van der Waals surface area contributed by atoms with Gasteiger partial charge in [-0.05, 0) is 24.6 Å². The molecule has 1 aromatic carbocycles. The van der Waals surface area contributed by atoms with Gasteiger partial charge in [-0.25, -0.2) is 0 Å². The Labute approximate surface area is 120 Å². The summed E-state index contributed by atoms with van der Waals surface area (Å²) in [6, 6.07) is 5.73. The van der Waals surface area contributed by atoms with Crippen LogP contribution < -0.4 is 0 Å². The van der Waals surface area contributed by atoms with Crippen molar-refractivity contribution in [3.05, 3.63) is 52.5 Å². The van der Waals surface area contributed by atoms with Crippen LogP contribution in [0.25, 0.3) is 0 Å². The number of carbonyl (C=O) groups is 2. The molecule has 21 heavy (non-hydrogen) atoms. The van der Waals surface area contributed by atoms with Gasteiger partial charge in [0.25, 0.3) is 0 Å². The van der Waals surface area contributed by atoms with Crippen molar-refractivity contribution in [2.24, 2.45) is 0 Å². The first kappa shape index (κ1) is 13.6. The first-order chi connectivity index (χ1) is 10.0. The molecule has 2 aromatic rings. The molecule has 1 aliphatic rings. The van der Waals surface area contributed by atoms with Crippen molar-refractivity contribution in [3.63, 3.8) is 0 Å². The summed E-state index contributed by atoms with van der Waals surface area (Å²) in [5.74, 6) is -1.01. The standard InChI is InChI=1S/C16H14O5/c1-2-4-10(17)12-7-9-14(19)13-8(5-3-6-11(13)18)15(20)16(9)21-12/h3,5-7,10,17-18H,2,4H2,1H3. The number of rotatable bonds is 3. The average Bonchev–Trinajstić information content (AvgIpc) is 2.90. The van der Waals surface area contributed by atoms with Crippen LogP contribution in [0.2, 0.25) is 0 Å². The maximum atomic E-state index is 12.4. The molecule has 5 nitrogen and oxygen atoms in total. The Hall–Kier alpha value is -2.40. The second-order valence-corrected chi connectivity index (χ2v) is 5.05. The van der Waals surface area contributed by atoms with Crippen LogP contribution in [-0.2, 0) is 0 Å².